The summed E-state index contributed by atoms with van der Waals surface area (Å²) in [6, 6.07) is 84.4. The van der Waals surface area contributed by atoms with Crippen LogP contribution in [0.15, 0.2) is 224 Å². The van der Waals surface area contributed by atoms with Crippen LogP contribution in [0.25, 0.3) is 55.3 Å². The van der Waals surface area contributed by atoms with Crippen LogP contribution in [-0.4, -0.2) is 0 Å². The van der Waals surface area contributed by atoms with E-state index in [9.17, 15) is 0 Å². The Hall–Kier alpha value is -7.74. The highest BCUT2D eigenvalue weighted by Crippen LogP contribution is 2.59. The lowest BCUT2D eigenvalue weighted by Gasteiger charge is -2.34. The first-order valence-corrected chi connectivity index (χ1v) is 23.4. The standard InChI is InChI=1S/C65H49N/c1-63(2)55-28-16-13-25-50(55)52-38-36-48(41-58(52)63)66(60-40-44-19-11-12-24-49(44)62-61(60)54-27-15-17-29-56(54)64(62,3)4)47-34-31-42(32-35-47)43-33-37-53-51-26-14-18-30-57(51)65(59(53)39-43,45-20-7-5-8-21-45)46-22-9-6-10-23-46/h5-41H,1-4H3. The molecule has 0 atom stereocenters. The molecule has 3 aliphatic carbocycles. The van der Waals surface area contributed by atoms with Gasteiger partial charge in [-0.15, -0.1) is 0 Å². The van der Waals surface area contributed by atoms with E-state index in [2.05, 4.69) is 257 Å². The highest BCUT2D eigenvalue weighted by Gasteiger charge is 2.46. The highest BCUT2D eigenvalue weighted by molar-refractivity contribution is 6.06. The second-order valence-electron chi connectivity index (χ2n) is 19.6. The fourth-order valence-electron chi connectivity index (χ4n) is 12.5. The summed E-state index contributed by atoms with van der Waals surface area (Å²) in [6.45, 7) is 9.57. The number of nitrogens with zero attached hydrogens (tertiary/aromatic N) is 1. The van der Waals surface area contributed by atoms with Gasteiger partial charge in [-0.1, -0.05) is 216 Å². The molecule has 10 aromatic carbocycles. The van der Waals surface area contributed by atoms with E-state index < -0.39 is 5.41 Å². The molecule has 0 bridgehead atoms. The van der Waals surface area contributed by atoms with Gasteiger partial charge >= 0.3 is 0 Å². The average Bonchev–Trinajstić information content (AvgIpc) is 3.89. The molecule has 0 unspecified atom stereocenters. The van der Waals surface area contributed by atoms with Crippen LogP contribution in [0.1, 0.15) is 72.2 Å². The Labute approximate surface area is 388 Å². The third-order valence-corrected chi connectivity index (χ3v) is 15.5. The van der Waals surface area contributed by atoms with E-state index in [0.29, 0.717) is 0 Å². The van der Waals surface area contributed by atoms with Crippen molar-refractivity contribution >= 4 is 27.8 Å². The lowest BCUT2D eigenvalue weighted by Crippen LogP contribution is -2.28. The molecule has 1 heteroatoms. The van der Waals surface area contributed by atoms with Gasteiger partial charge in [0.25, 0.3) is 0 Å². The predicted octanol–water partition coefficient (Wildman–Crippen LogP) is 17.0. The van der Waals surface area contributed by atoms with E-state index in [1.807, 2.05) is 0 Å². The van der Waals surface area contributed by atoms with E-state index in [0.717, 1.165) is 11.4 Å². The smallest absolute Gasteiger partial charge is 0.0713 e. The first-order valence-electron chi connectivity index (χ1n) is 23.4. The minimum absolute atomic E-state index is 0.140. The Balaban J connectivity index is 1.01. The number of hydrogen-bond donors (Lipinski definition) is 0. The van der Waals surface area contributed by atoms with Gasteiger partial charge in [0, 0.05) is 27.8 Å². The minimum Gasteiger partial charge on any atom is -0.310 e. The quantitative estimate of drug-likeness (QED) is 0.161. The predicted molar refractivity (Wildman–Crippen MR) is 276 cm³/mol. The fourth-order valence-corrected chi connectivity index (χ4v) is 12.5. The summed E-state index contributed by atoms with van der Waals surface area (Å²) in [6.07, 6.45) is 0. The van der Waals surface area contributed by atoms with Crippen LogP contribution in [0.2, 0.25) is 0 Å². The van der Waals surface area contributed by atoms with Gasteiger partial charge in [-0.3, -0.25) is 0 Å². The molecule has 0 radical (unpaired) electrons. The first-order chi connectivity index (χ1) is 32.3. The molecular weight excluding hydrogens is 795 g/mol. The number of fused-ring (bicyclic) bond motifs is 11. The zero-order valence-corrected chi connectivity index (χ0v) is 37.8. The van der Waals surface area contributed by atoms with Crippen LogP contribution in [0, 0.1) is 0 Å². The molecule has 0 aromatic heterocycles. The second kappa shape index (κ2) is 14.1. The number of anilines is 3. The van der Waals surface area contributed by atoms with Crippen molar-refractivity contribution in [2.24, 2.45) is 0 Å². The normalized spacial score (nSPS) is 15.0. The summed E-state index contributed by atoms with van der Waals surface area (Å²) >= 11 is 0. The third kappa shape index (κ3) is 5.29. The van der Waals surface area contributed by atoms with E-state index in [1.54, 1.807) is 0 Å². The lowest BCUT2D eigenvalue weighted by molar-refractivity contribution is 0.660. The monoisotopic (exact) mass is 843 g/mol. The largest absolute Gasteiger partial charge is 0.310 e. The maximum Gasteiger partial charge on any atom is 0.0713 e. The maximum atomic E-state index is 2.54. The lowest BCUT2D eigenvalue weighted by atomic mass is 9.67. The fraction of sp³-hybridized carbons (Fsp3) is 0.108. The van der Waals surface area contributed by atoms with Gasteiger partial charge in [0.2, 0.25) is 0 Å². The van der Waals surface area contributed by atoms with Crippen LogP contribution < -0.4 is 4.90 Å². The van der Waals surface area contributed by atoms with Crippen LogP contribution in [0.5, 0.6) is 0 Å². The Bertz CT molecular complexity index is 3540. The number of benzene rings is 10. The van der Waals surface area contributed by atoms with Crippen molar-refractivity contribution in [1.29, 1.82) is 0 Å². The molecular formula is C65H49N. The van der Waals surface area contributed by atoms with Crippen LogP contribution in [-0.2, 0) is 16.2 Å². The van der Waals surface area contributed by atoms with Gasteiger partial charge in [-0.2, -0.15) is 0 Å². The first kappa shape index (κ1) is 38.7. The molecule has 0 saturated heterocycles. The maximum absolute atomic E-state index is 2.54. The molecule has 66 heavy (non-hydrogen) atoms. The molecule has 0 aliphatic heterocycles. The van der Waals surface area contributed by atoms with Gasteiger partial charge in [0.15, 0.2) is 0 Å². The SMILES string of the molecule is CC1(C)c2ccccc2-c2ccc(N(c3ccc(-c4ccc5c(c4)C(c4ccccc4)(c4ccccc4)c4ccccc4-5)cc3)c3cc4ccccc4c4c3-c3ccccc3C4(C)C)cc21. The second-order valence-corrected chi connectivity index (χ2v) is 19.6. The van der Waals surface area contributed by atoms with Crippen molar-refractivity contribution in [2.75, 3.05) is 4.90 Å². The van der Waals surface area contributed by atoms with E-state index >= 15 is 0 Å². The molecule has 1 nitrogen and oxygen atoms in total. The van der Waals surface area contributed by atoms with Crippen molar-refractivity contribution in [3.8, 4) is 44.5 Å². The van der Waals surface area contributed by atoms with Crippen LogP contribution in [0.4, 0.5) is 17.1 Å². The molecule has 0 spiro atoms. The summed E-state index contributed by atoms with van der Waals surface area (Å²) in [5, 5.41) is 2.57. The van der Waals surface area contributed by atoms with Gasteiger partial charge in [-0.25, -0.2) is 0 Å². The summed E-state index contributed by atoms with van der Waals surface area (Å²) in [5.41, 5.74) is 23.7. The Morgan fingerprint density at radius 2 is 0.833 bits per heavy atom. The molecule has 10 aromatic rings. The molecule has 314 valence electrons. The summed E-state index contributed by atoms with van der Waals surface area (Å²) in [4.78, 5) is 2.54. The molecule has 3 aliphatic rings. The summed E-state index contributed by atoms with van der Waals surface area (Å²) in [7, 11) is 0. The Morgan fingerprint density at radius 1 is 0.333 bits per heavy atom. The van der Waals surface area contributed by atoms with Crippen molar-refractivity contribution in [2.45, 2.75) is 43.9 Å². The average molecular weight is 844 g/mol. The van der Waals surface area contributed by atoms with E-state index in [4.69, 9.17) is 0 Å². The topological polar surface area (TPSA) is 3.24 Å². The van der Waals surface area contributed by atoms with Gasteiger partial charge in [0.05, 0.1) is 11.1 Å². The van der Waals surface area contributed by atoms with Gasteiger partial charge < -0.3 is 4.90 Å². The zero-order valence-electron chi connectivity index (χ0n) is 37.8. The number of rotatable bonds is 6. The molecule has 0 fully saturated rings. The van der Waals surface area contributed by atoms with E-state index in [-0.39, 0.29) is 10.8 Å². The molecule has 0 amide bonds. The number of hydrogen-bond acceptors (Lipinski definition) is 1. The Morgan fingerprint density at radius 3 is 1.53 bits per heavy atom. The van der Waals surface area contributed by atoms with Crippen LogP contribution in [0.3, 0.4) is 0 Å². The summed E-state index contributed by atoms with van der Waals surface area (Å²) in [5.74, 6) is 0. The molecule has 0 N–H and O–H groups in total. The molecule has 13 rings (SSSR count). The van der Waals surface area contributed by atoms with Crippen molar-refractivity contribution < 1.29 is 0 Å². The van der Waals surface area contributed by atoms with Crippen molar-refractivity contribution in [3.05, 3.63) is 269 Å². The van der Waals surface area contributed by atoms with Crippen LogP contribution >= 0.6 is 0 Å². The van der Waals surface area contributed by atoms with Crippen molar-refractivity contribution in [3.63, 3.8) is 0 Å². The zero-order chi connectivity index (χ0) is 44.4. The van der Waals surface area contributed by atoms with Gasteiger partial charge in [-0.05, 0) is 131 Å². The van der Waals surface area contributed by atoms with Gasteiger partial charge in [0.1, 0.15) is 0 Å². The third-order valence-electron chi connectivity index (χ3n) is 15.5. The summed E-state index contributed by atoms with van der Waals surface area (Å²) < 4.78 is 0. The van der Waals surface area contributed by atoms with Crippen molar-refractivity contribution in [1.82, 2.24) is 0 Å². The molecule has 0 heterocycles. The molecule has 0 saturated carbocycles. The Kier molecular flexibility index (Phi) is 8.28. The van der Waals surface area contributed by atoms with E-state index in [1.165, 1.54) is 105 Å². The minimum atomic E-state index is -0.456. The highest BCUT2D eigenvalue weighted by atomic mass is 15.1.